The van der Waals surface area contributed by atoms with Crippen LogP contribution in [0.1, 0.15) is 37.3 Å². The number of benzene rings is 2. The first-order chi connectivity index (χ1) is 12.0. The molecule has 3 rings (SSSR count). The lowest BCUT2D eigenvalue weighted by molar-refractivity contribution is -0.113. The monoisotopic (exact) mass is 338 g/mol. The first-order valence-corrected chi connectivity index (χ1v) is 8.52. The van der Waals surface area contributed by atoms with Crippen molar-refractivity contribution < 1.29 is 13.6 Å². The standard InChI is InChI=1S/C22H20F2O/c1-2-15-11-18(13-16-3-7-20(23)8-4-16)22(25)19(12-15)14-17-5-9-21(24)10-6-17/h3-10,13-15H,2,11-12H2,1H3/b18-13-,19-14+. The number of hydrogen-bond acceptors (Lipinski definition) is 1. The van der Waals surface area contributed by atoms with Crippen LogP contribution in [-0.4, -0.2) is 5.78 Å². The molecule has 2 aromatic carbocycles. The fourth-order valence-corrected chi connectivity index (χ4v) is 3.14. The Morgan fingerprint density at radius 2 is 1.24 bits per heavy atom. The molecular formula is C22H20F2O. The van der Waals surface area contributed by atoms with E-state index in [0.717, 1.165) is 41.5 Å². The predicted octanol–water partition coefficient (Wildman–Crippen LogP) is 5.82. The Labute approximate surface area is 146 Å². The van der Waals surface area contributed by atoms with Crippen molar-refractivity contribution in [2.24, 2.45) is 5.92 Å². The maximum atomic E-state index is 13.1. The first kappa shape index (κ1) is 17.3. The highest BCUT2D eigenvalue weighted by molar-refractivity contribution is 6.14. The van der Waals surface area contributed by atoms with Crippen molar-refractivity contribution in [1.82, 2.24) is 0 Å². The summed E-state index contributed by atoms with van der Waals surface area (Å²) in [6.45, 7) is 2.12. The van der Waals surface area contributed by atoms with Gasteiger partial charge in [-0.05, 0) is 66.3 Å². The average Bonchev–Trinajstić information content (AvgIpc) is 2.62. The second-order valence-corrected chi connectivity index (χ2v) is 6.45. The van der Waals surface area contributed by atoms with Crippen molar-refractivity contribution in [1.29, 1.82) is 0 Å². The summed E-state index contributed by atoms with van der Waals surface area (Å²) in [5.41, 5.74) is 3.14. The molecule has 1 fully saturated rings. The van der Waals surface area contributed by atoms with Gasteiger partial charge in [-0.15, -0.1) is 0 Å². The maximum absolute atomic E-state index is 13.1. The lowest BCUT2D eigenvalue weighted by Gasteiger charge is -2.24. The van der Waals surface area contributed by atoms with Gasteiger partial charge in [0.15, 0.2) is 5.78 Å². The number of ketones is 1. The van der Waals surface area contributed by atoms with Gasteiger partial charge in [-0.25, -0.2) is 8.78 Å². The predicted molar refractivity (Wildman–Crippen MR) is 96.8 cm³/mol. The zero-order valence-electron chi connectivity index (χ0n) is 14.1. The van der Waals surface area contributed by atoms with Crippen molar-refractivity contribution in [2.45, 2.75) is 26.2 Å². The van der Waals surface area contributed by atoms with Crippen LogP contribution in [0.25, 0.3) is 12.2 Å². The van der Waals surface area contributed by atoms with E-state index in [-0.39, 0.29) is 17.4 Å². The zero-order chi connectivity index (χ0) is 17.8. The van der Waals surface area contributed by atoms with Gasteiger partial charge in [0.25, 0.3) is 0 Å². The highest BCUT2D eigenvalue weighted by atomic mass is 19.1. The van der Waals surface area contributed by atoms with Crippen molar-refractivity contribution in [3.63, 3.8) is 0 Å². The molecule has 0 amide bonds. The topological polar surface area (TPSA) is 17.1 Å². The summed E-state index contributed by atoms with van der Waals surface area (Å²) in [6.07, 6.45) is 6.14. The molecule has 1 unspecified atom stereocenters. The molecule has 0 radical (unpaired) electrons. The minimum Gasteiger partial charge on any atom is -0.289 e. The van der Waals surface area contributed by atoms with E-state index in [4.69, 9.17) is 0 Å². The van der Waals surface area contributed by atoms with Crippen LogP contribution in [0.15, 0.2) is 59.7 Å². The molecule has 2 aromatic rings. The molecule has 1 nitrogen and oxygen atoms in total. The van der Waals surface area contributed by atoms with Crippen molar-refractivity contribution >= 4 is 17.9 Å². The van der Waals surface area contributed by atoms with Crippen LogP contribution in [0.3, 0.4) is 0 Å². The van der Waals surface area contributed by atoms with Crippen LogP contribution in [0.5, 0.6) is 0 Å². The lowest BCUT2D eigenvalue weighted by atomic mass is 9.79. The third-order valence-corrected chi connectivity index (χ3v) is 4.60. The third-order valence-electron chi connectivity index (χ3n) is 4.60. The Kier molecular flexibility index (Phi) is 5.22. The molecule has 0 spiro atoms. The molecule has 25 heavy (non-hydrogen) atoms. The molecule has 1 aliphatic carbocycles. The summed E-state index contributed by atoms with van der Waals surface area (Å²) in [6, 6.07) is 12.3. The molecule has 0 aromatic heterocycles. The van der Waals surface area contributed by atoms with Gasteiger partial charge in [-0.3, -0.25) is 4.79 Å². The molecule has 1 saturated carbocycles. The third kappa shape index (κ3) is 4.30. The van der Waals surface area contributed by atoms with Crippen molar-refractivity contribution in [3.05, 3.63) is 82.4 Å². The van der Waals surface area contributed by atoms with Gasteiger partial charge in [0.2, 0.25) is 0 Å². The first-order valence-electron chi connectivity index (χ1n) is 8.52. The van der Waals surface area contributed by atoms with Crippen molar-refractivity contribution in [2.75, 3.05) is 0 Å². The molecule has 0 N–H and O–H groups in total. The molecule has 0 saturated heterocycles. The summed E-state index contributed by atoms with van der Waals surface area (Å²) < 4.78 is 26.1. The van der Waals surface area contributed by atoms with Crippen LogP contribution < -0.4 is 0 Å². The van der Waals surface area contributed by atoms with E-state index in [1.807, 2.05) is 12.2 Å². The number of halogens is 2. The van der Waals surface area contributed by atoms with E-state index in [2.05, 4.69) is 6.92 Å². The molecule has 0 aliphatic heterocycles. The van der Waals surface area contributed by atoms with E-state index in [9.17, 15) is 13.6 Å². The summed E-state index contributed by atoms with van der Waals surface area (Å²) in [4.78, 5) is 12.8. The highest BCUT2D eigenvalue weighted by Crippen LogP contribution is 2.34. The zero-order valence-corrected chi connectivity index (χ0v) is 14.1. The van der Waals surface area contributed by atoms with Gasteiger partial charge >= 0.3 is 0 Å². The molecule has 1 atom stereocenters. The number of carbonyl (C=O) groups is 1. The van der Waals surface area contributed by atoms with Gasteiger partial charge in [-0.2, -0.15) is 0 Å². The average molecular weight is 338 g/mol. The molecule has 128 valence electrons. The fraction of sp³-hybridized carbons (Fsp3) is 0.227. The van der Waals surface area contributed by atoms with Gasteiger partial charge in [0, 0.05) is 11.1 Å². The molecule has 0 bridgehead atoms. The highest BCUT2D eigenvalue weighted by Gasteiger charge is 2.26. The Bertz CT molecular complexity index is 747. The normalized spacial score (nSPS) is 21.1. The van der Waals surface area contributed by atoms with Crippen LogP contribution in [0.2, 0.25) is 0 Å². The molecule has 3 heteroatoms. The Balaban J connectivity index is 1.93. The Morgan fingerprint density at radius 1 is 0.840 bits per heavy atom. The summed E-state index contributed by atoms with van der Waals surface area (Å²) >= 11 is 0. The molecule has 1 aliphatic rings. The van der Waals surface area contributed by atoms with Crippen LogP contribution >= 0.6 is 0 Å². The molecular weight excluding hydrogens is 318 g/mol. The summed E-state index contributed by atoms with van der Waals surface area (Å²) in [7, 11) is 0. The van der Waals surface area contributed by atoms with Crippen LogP contribution in [0.4, 0.5) is 8.78 Å². The fourth-order valence-electron chi connectivity index (χ4n) is 3.14. The second kappa shape index (κ2) is 7.56. The second-order valence-electron chi connectivity index (χ2n) is 6.45. The smallest absolute Gasteiger partial charge is 0.185 e. The van der Waals surface area contributed by atoms with Crippen molar-refractivity contribution in [3.8, 4) is 0 Å². The van der Waals surface area contributed by atoms with E-state index < -0.39 is 0 Å². The lowest BCUT2D eigenvalue weighted by Crippen LogP contribution is -2.19. The van der Waals surface area contributed by atoms with E-state index in [1.54, 1.807) is 24.3 Å². The van der Waals surface area contributed by atoms with E-state index in [0.29, 0.717) is 5.92 Å². The van der Waals surface area contributed by atoms with Crippen LogP contribution in [-0.2, 0) is 4.79 Å². The van der Waals surface area contributed by atoms with E-state index >= 15 is 0 Å². The summed E-state index contributed by atoms with van der Waals surface area (Å²) in [5, 5.41) is 0. The number of Topliss-reactive ketones (excluding diaryl/α,β-unsaturated/α-hetero) is 1. The quantitative estimate of drug-likeness (QED) is 0.644. The molecule has 0 heterocycles. The largest absolute Gasteiger partial charge is 0.289 e. The number of rotatable bonds is 3. The van der Waals surface area contributed by atoms with E-state index in [1.165, 1.54) is 24.3 Å². The minimum atomic E-state index is -0.291. The maximum Gasteiger partial charge on any atom is 0.185 e. The van der Waals surface area contributed by atoms with Gasteiger partial charge in [0.1, 0.15) is 11.6 Å². The van der Waals surface area contributed by atoms with Gasteiger partial charge in [0.05, 0.1) is 0 Å². The summed E-state index contributed by atoms with van der Waals surface area (Å²) in [5.74, 6) is -0.157. The Morgan fingerprint density at radius 3 is 1.60 bits per heavy atom. The minimum absolute atomic E-state index is 0.0263. The van der Waals surface area contributed by atoms with Crippen LogP contribution in [0, 0.1) is 17.6 Å². The number of carbonyl (C=O) groups excluding carboxylic acids is 1. The number of allylic oxidation sites excluding steroid dienone is 2. The SMILES string of the molecule is CCC1C/C(=C/c2ccc(F)cc2)C(=O)/C(=C/c2ccc(F)cc2)C1. The Hall–Kier alpha value is -2.55. The number of hydrogen-bond donors (Lipinski definition) is 0. The van der Waals surface area contributed by atoms with Gasteiger partial charge in [-0.1, -0.05) is 37.6 Å². The van der Waals surface area contributed by atoms with Gasteiger partial charge < -0.3 is 0 Å².